The topological polar surface area (TPSA) is 182 Å². The van der Waals surface area contributed by atoms with Gasteiger partial charge in [0.1, 0.15) is 11.8 Å². The zero-order valence-electron chi connectivity index (χ0n) is 19.9. The molecule has 1 aliphatic carbocycles. The van der Waals surface area contributed by atoms with E-state index in [1.807, 2.05) is 16.7 Å². The average Bonchev–Trinajstić information content (AvgIpc) is 3.61. The van der Waals surface area contributed by atoms with Gasteiger partial charge in [-0.1, -0.05) is 12.2 Å². The Kier molecular flexibility index (Phi) is 6.63. The number of methoxy groups -OCH3 is 1. The second-order valence-corrected chi connectivity index (χ2v) is 10.1. The summed E-state index contributed by atoms with van der Waals surface area (Å²) in [7, 11) is -2.62. The van der Waals surface area contributed by atoms with Gasteiger partial charge in [0.2, 0.25) is 18.6 Å². The minimum absolute atomic E-state index is 0.00123. The lowest BCUT2D eigenvalue weighted by atomic mass is 10.1. The van der Waals surface area contributed by atoms with E-state index in [1.165, 1.54) is 26.2 Å². The lowest BCUT2D eigenvalue weighted by Crippen LogP contribution is -2.33. The zero-order valence-corrected chi connectivity index (χ0v) is 20.8. The van der Waals surface area contributed by atoms with Crippen LogP contribution < -0.4 is 29.6 Å². The number of carboxylic acid groups (broad SMARTS) is 1. The first kappa shape index (κ1) is 24.8. The van der Waals surface area contributed by atoms with Gasteiger partial charge in [-0.25, -0.2) is 9.55 Å². The molecule has 37 heavy (non-hydrogen) atoms. The van der Waals surface area contributed by atoms with E-state index in [0.717, 1.165) is 0 Å². The van der Waals surface area contributed by atoms with Crippen molar-refractivity contribution in [2.45, 2.75) is 25.4 Å². The molecule has 3 heterocycles. The number of carbonyl (C=O) groups is 1. The van der Waals surface area contributed by atoms with Crippen LogP contribution in [0.3, 0.4) is 0 Å². The van der Waals surface area contributed by atoms with Crippen LogP contribution in [0.25, 0.3) is 11.2 Å². The van der Waals surface area contributed by atoms with Crippen molar-refractivity contribution in [1.29, 1.82) is 0 Å². The van der Waals surface area contributed by atoms with E-state index in [4.69, 9.17) is 29.0 Å². The van der Waals surface area contributed by atoms with Crippen molar-refractivity contribution < 1.29 is 37.7 Å². The molecule has 1 aliphatic heterocycles. The Morgan fingerprint density at radius 2 is 2.14 bits per heavy atom. The maximum Gasteiger partial charge on any atom is 0.459 e. The number of carboxylic acids is 1. The minimum atomic E-state index is -4.10. The van der Waals surface area contributed by atoms with Crippen LogP contribution in [0, 0.1) is 5.92 Å². The highest BCUT2D eigenvalue weighted by molar-refractivity contribution is 7.52. The molecule has 2 unspecified atom stereocenters. The van der Waals surface area contributed by atoms with Crippen LogP contribution in [0.2, 0.25) is 0 Å². The number of nitrogens with two attached hydrogens (primary N) is 1. The molecular weight excluding hydrogens is 507 g/mol. The van der Waals surface area contributed by atoms with Crippen LogP contribution in [0.5, 0.6) is 23.1 Å². The van der Waals surface area contributed by atoms with Crippen LogP contribution in [-0.4, -0.2) is 57.1 Å². The fraction of sp³-hybridized carbons (Fsp3) is 0.364. The fourth-order valence-corrected chi connectivity index (χ4v) is 5.57. The Bertz CT molecular complexity index is 1410. The van der Waals surface area contributed by atoms with Gasteiger partial charge in [-0.15, -0.1) is 0 Å². The molecular formula is C22H25N6O8P. The van der Waals surface area contributed by atoms with Crippen molar-refractivity contribution >= 4 is 30.8 Å². The Balaban J connectivity index is 1.29. The molecule has 0 amide bonds. The van der Waals surface area contributed by atoms with Gasteiger partial charge >= 0.3 is 13.7 Å². The van der Waals surface area contributed by atoms with Crippen LogP contribution in [0.15, 0.2) is 36.7 Å². The molecule has 1 aromatic carbocycles. The maximum atomic E-state index is 13.6. The number of imidazole rings is 1. The second-order valence-electron chi connectivity index (χ2n) is 8.45. The van der Waals surface area contributed by atoms with E-state index in [1.54, 1.807) is 12.4 Å². The summed E-state index contributed by atoms with van der Waals surface area (Å²) in [4.78, 5) is 24.1. The van der Waals surface area contributed by atoms with Crippen molar-refractivity contribution in [1.82, 2.24) is 24.6 Å². The summed E-state index contributed by atoms with van der Waals surface area (Å²) in [6.45, 7) is 1.41. The maximum absolute atomic E-state index is 13.6. The number of nitrogens with one attached hydrogen (secondary N) is 1. The van der Waals surface area contributed by atoms with Crippen molar-refractivity contribution in [2.75, 3.05) is 26.2 Å². The van der Waals surface area contributed by atoms with Gasteiger partial charge in [-0.2, -0.15) is 15.1 Å². The molecule has 0 spiro atoms. The standard InChI is InChI=1S/C22H25N6O8P/c1-12(21(29)30)27-37(31,36-15-5-6-16-17(8-15)34-11-33-16)35-9-13-3-4-14(7-13)28-10-24-18-19(28)25-22(23)26-20(18)32-2/h3-6,8,10,12-14H,7,9,11H2,1-2H3,(H,27,31)(H,29,30)(H2,23,25,26)/t12?,13-,14+,37?/m1/s1. The summed E-state index contributed by atoms with van der Waals surface area (Å²) >= 11 is 0. The summed E-state index contributed by atoms with van der Waals surface area (Å²) in [5, 5.41) is 11.8. The summed E-state index contributed by atoms with van der Waals surface area (Å²) in [6, 6.07) is 3.33. The molecule has 5 rings (SSSR count). The molecule has 0 fully saturated rings. The molecule has 4 atom stereocenters. The van der Waals surface area contributed by atoms with Crippen LogP contribution in [0.1, 0.15) is 19.4 Å². The molecule has 0 bridgehead atoms. The van der Waals surface area contributed by atoms with Crippen LogP contribution >= 0.6 is 7.75 Å². The Morgan fingerprint density at radius 1 is 1.32 bits per heavy atom. The number of hydrogen-bond acceptors (Lipinski definition) is 11. The van der Waals surface area contributed by atoms with Crippen molar-refractivity contribution in [2.24, 2.45) is 5.92 Å². The summed E-state index contributed by atoms with van der Waals surface area (Å²) in [6.07, 6.45) is 6.08. The number of aromatic nitrogens is 4. The largest absolute Gasteiger partial charge is 0.480 e. The van der Waals surface area contributed by atoms with Crippen molar-refractivity contribution in [3.05, 3.63) is 36.7 Å². The van der Waals surface area contributed by atoms with Crippen LogP contribution in [-0.2, 0) is 13.9 Å². The number of ether oxygens (including phenoxy) is 3. The van der Waals surface area contributed by atoms with Crippen molar-refractivity contribution in [3.63, 3.8) is 0 Å². The lowest BCUT2D eigenvalue weighted by Gasteiger charge is -2.23. The SMILES string of the molecule is COc1nc(N)nc2c1ncn2[C@H]1C=C[C@@H](COP(=O)(NC(C)C(=O)O)Oc2ccc3c(c2)OCO3)C1. The quantitative estimate of drug-likeness (QED) is 0.256. The predicted octanol–water partition coefficient (Wildman–Crippen LogP) is 2.53. The number of fused-ring (bicyclic) bond motifs is 2. The van der Waals surface area contributed by atoms with Gasteiger partial charge in [0.05, 0.1) is 26.1 Å². The van der Waals surface area contributed by atoms with Gasteiger partial charge in [-0.3, -0.25) is 9.32 Å². The van der Waals surface area contributed by atoms with E-state index in [0.29, 0.717) is 29.1 Å². The molecule has 196 valence electrons. The molecule has 2 aliphatic rings. The Labute approximate surface area is 210 Å². The number of hydrogen-bond donors (Lipinski definition) is 3. The number of allylic oxidation sites excluding steroid dienone is 1. The second kappa shape index (κ2) is 9.88. The van der Waals surface area contributed by atoms with Gasteiger partial charge in [0.25, 0.3) is 0 Å². The summed E-state index contributed by atoms with van der Waals surface area (Å²) < 4.78 is 42.6. The molecule has 0 radical (unpaired) electrons. The molecule has 14 nitrogen and oxygen atoms in total. The van der Waals surface area contributed by atoms with E-state index < -0.39 is 19.8 Å². The van der Waals surface area contributed by atoms with Gasteiger partial charge in [0, 0.05) is 12.0 Å². The molecule has 2 aromatic heterocycles. The highest BCUT2D eigenvalue weighted by atomic mass is 31.2. The first-order valence-electron chi connectivity index (χ1n) is 11.3. The van der Waals surface area contributed by atoms with Crippen molar-refractivity contribution in [3.8, 4) is 23.1 Å². The third kappa shape index (κ3) is 5.17. The smallest absolute Gasteiger partial charge is 0.459 e. The summed E-state index contributed by atoms with van der Waals surface area (Å²) in [5.41, 5.74) is 6.82. The lowest BCUT2D eigenvalue weighted by molar-refractivity contribution is -0.138. The third-order valence-corrected chi connectivity index (χ3v) is 7.50. The Hall–Kier alpha value is -3.87. The van der Waals surface area contributed by atoms with Gasteiger partial charge < -0.3 is 34.1 Å². The summed E-state index contributed by atoms with van der Waals surface area (Å²) in [5.74, 6) is 0.103. The molecule has 4 N–H and O–H groups in total. The third-order valence-electron chi connectivity index (χ3n) is 5.86. The Morgan fingerprint density at radius 3 is 2.92 bits per heavy atom. The minimum Gasteiger partial charge on any atom is -0.480 e. The number of benzene rings is 1. The van der Waals surface area contributed by atoms with Gasteiger partial charge in [0.15, 0.2) is 22.7 Å². The number of nitrogens with zero attached hydrogens (tertiary/aromatic N) is 4. The molecule has 0 saturated heterocycles. The molecule has 0 saturated carbocycles. The van der Waals surface area contributed by atoms with E-state index >= 15 is 0 Å². The molecule has 3 aromatic rings. The first-order chi connectivity index (χ1) is 17.7. The average molecular weight is 532 g/mol. The van der Waals surface area contributed by atoms with E-state index in [9.17, 15) is 14.5 Å². The van der Waals surface area contributed by atoms with E-state index in [-0.39, 0.29) is 42.9 Å². The predicted molar refractivity (Wildman–Crippen MR) is 130 cm³/mol. The van der Waals surface area contributed by atoms with Crippen LogP contribution in [0.4, 0.5) is 5.95 Å². The zero-order chi connectivity index (χ0) is 26.2. The van der Waals surface area contributed by atoms with E-state index in [2.05, 4.69) is 20.0 Å². The molecule has 15 heteroatoms. The number of rotatable bonds is 10. The normalized spacial score (nSPS) is 20.6. The van der Waals surface area contributed by atoms with Gasteiger partial charge in [-0.05, 0) is 25.5 Å². The highest BCUT2D eigenvalue weighted by Gasteiger charge is 2.34. The highest BCUT2D eigenvalue weighted by Crippen LogP contribution is 2.48. The number of anilines is 1. The number of aliphatic carboxylic acids is 1. The monoisotopic (exact) mass is 532 g/mol. The first-order valence-corrected chi connectivity index (χ1v) is 12.9. The fourth-order valence-electron chi connectivity index (χ4n) is 4.02. The number of nitrogen functional groups attached to an aromatic ring is 1.